The van der Waals surface area contributed by atoms with Gasteiger partial charge in [-0.1, -0.05) is 43.0 Å². The highest BCUT2D eigenvalue weighted by atomic mass is 35.5. The monoisotopic (exact) mass is 480 g/mol. The Balaban J connectivity index is 0.00000158. The van der Waals surface area contributed by atoms with Crippen molar-refractivity contribution >= 4 is 42.0 Å². The molecule has 0 unspecified atom stereocenters. The van der Waals surface area contributed by atoms with E-state index in [2.05, 4.69) is 9.88 Å². The molecule has 3 aromatic rings. The van der Waals surface area contributed by atoms with Gasteiger partial charge in [0, 0.05) is 12.1 Å². The lowest BCUT2D eigenvalue weighted by atomic mass is 9.88. The number of oxazole rings is 1. The number of nitrogens with zero attached hydrogens (tertiary/aromatic N) is 2. The van der Waals surface area contributed by atoms with Gasteiger partial charge in [0.15, 0.2) is 5.58 Å². The van der Waals surface area contributed by atoms with Crippen molar-refractivity contribution in [3.8, 4) is 11.5 Å². The molecule has 0 bridgehead atoms. The van der Waals surface area contributed by atoms with Crippen LogP contribution >= 0.6 is 11.6 Å². The number of halogens is 1. The largest absolute Gasteiger partial charge is 0.460 e. The van der Waals surface area contributed by atoms with E-state index < -0.39 is 5.60 Å². The van der Waals surface area contributed by atoms with E-state index in [9.17, 15) is 4.79 Å². The number of fused-ring (bicyclic) bond motifs is 1. The molecule has 180 valence electrons. The number of likely N-dealkylation sites (tertiary alicyclic amines) is 1. The maximum absolute atomic E-state index is 12.3. The summed E-state index contributed by atoms with van der Waals surface area (Å²) in [7, 11) is 6.04. The van der Waals surface area contributed by atoms with Gasteiger partial charge in [-0.2, -0.15) is 0 Å². The quantitative estimate of drug-likeness (QED) is 0.347. The zero-order chi connectivity index (χ0) is 25.0. The van der Waals surface area contributed by atoms with Crippen molar-refractivity contribution in [2.45, 2.75) is 66.5 Å². The Bertz CT molecular complexity index is 1140. The first-order valence-electron chi connectivity index (χ1n) is 12.0. The van der Waals surface area contributed by atoms with Gasteiger partial charge in [0.25, 0.3) is 0 Å². The highest BCUT2D eigenvalue weighted by molar-refractivity contribution is 6.35. The highest BCUT2D eigenvalue weighted by Gasteiger charge is 2.29. The summed E-state index contributed by atoms with van der Waals surface area (Å²) in [5.41, 5.74) is 4.43. The van der Waals surface area contributed by atoms with E-state index >= 15 is 0 Å². The van der Waals surface area contributed by atoms with Crippen molar-refractivity contribution in [2.75, 3.05) is 13.1 Å². The minimum absolute atomic E-state index is 0.0313. The van der Waals surface area contributed by atoms with E-state index in [1.165, 1.54) is 0 Å². The van der Waals surface area contributed by atoms with Crippen LogP contribution in [0.5, 0.6) is 0 Å². The van der Waals surface area contributed by atoms with Crippen molar-refractivity contribution in [2.24, 2.45) is 5.92 Å². The molecule has 2 aromatic carbocycles. The molecule has 7 heteroatoms. The van der Waals surface area contributed by atoms with Gasteiger partial charge < -0.3 is 9.15 Å². The van der Waals surface area contributed by atoms with Gasteiger partial charge in [-0.25, -0.2) is 4.98 Å². The minimum Gasteiger partial charge on any atom is -0.460 e. The van der Waals surface area contributed by atoms with Crippen LogP contribution in [0.4, 0.5) is 0 Å². The fraction of sp³-hybridized carbons (Fsp3) is 0.481. The number of carbonyl (C=O) groups is 1. The molecule has 0 saturated carbocycles. The predicted octanol–water partition coefficient (Wildman–Crippen LogP) is 5.83. The lowest BCUT2D eigenvalue weighted by molar-refractivity contribution is -0.161. The van der Waals surface area contributed by atoms with E-state index in [1.54, 1.807) is 0 Å². The third-order valence-electron chi connectivity index (χ3n) is 5.84. The van der Waals surface area contributed by atoms with Gasteiger partial charge in [0.05, 0.1) is 10.9 Å². The van der Waals surface area contributed by atoms with E-state index in [-0.39, 0.29) is 11.9 Å². The smallest absolute Gasteiger partial charge is 0.309 e. The Morgan fingerprint density at radius 3 is 2.56 bits per heavy atom. The van der Waals surface area contributed by atoms with Gasteiger partial charge >= 0.3 is 5.97 Å². The summed E-state index contributed by atoms with van der Waals surface area (Å²) < 4.78 is 11.5. The maximum Gasteiger partial charge on any atom is 0.309 e. The van der Waals surface area contributed by atoms with E-state index in [0.29, 0.717) is 22.0 Å². The summed E-state index contributed by atoms with van der Waals surface area (Å²) in [5.74, 6) is 0.395. The topological polar surface area (TPSA) is 55.6 Å². The zero-order valence-electron chi connectivity index (χ0n) is 21.1. The molecule has 0 spiro atoms. The van der Waals surface area contributed by atoms with Crippen LogP contribution < -0.4 is 5.46 Å². The summed E-state index contributed by atoms with van der Waals surface area (Å²) in [6.07, 6.45) is 1.60. The van der Waals surface area contributed by atoms with Gasteiger partial charge in [0.1, 0.15) is 19.0 Å². The molecule has 34 heavy (non-hydrogen) atoms. The first-order valence-corrected chi connectivity index (χ1v) is 12.4. The van der Waals surface area contributed by atoms with Gasteiger partial charge in [0.2, 0.25) is 5.89 Å². The molecular weight excluding hydrogens is 447 g/mol. The summed E-state index contributed by atoms with van der Waals surface area (Å²) in [4.78, 5) is 19.4. The first-order chi connectivity index (χ1) is 16.1. The number of aromatic nitrogens is 1. The van der Waals surface area contributed by atoms with Crippen LogP contribution in [-0.4, -0.2) is 42.4 Å². The molecule has 2 radical (unpaired) electrons. The first kappa shape index (κ1) is 26.3. The number of esters is 1. The van der Waals surface area contributed by atoms with Gasteiger partial charge in [-0.3, -0.25) is 9.69 Å². The number of ether oxygens (including phenoxy) is 1. The minimum atomic E-state index is -0.444. The molecule has 1 saturated heterocycles. The van der Waals surface area contributed by atoms with Crippen LogP contribution in [0.1, 0.15) is 58.6 Å². The number of benzene rings is 2. The summed E-state index contributed by atoms with van der Waals surface area (Å²) in [6, 6.07) is 9.65. The Kier molecular flexibility index (Phi) is 8.48. The third kappa shape index (κ3) is 6.22. The fourth-order valence-electron chi connectivity index (χ4n) is 4.11. The van der Waals surface area contributed by atoms with Crippen LogP contribution in [0.25, 0.3) is 22.6 Å². The predicted molar refractivity (Wildman–Crippen MR) is 140 cm³/mol. The molecular formula is C27H34BClN2O3. The Morgan fingerprint density at radius 2 is 1.91 bits per heavy atom. The van der Waals surface area contributed by atoms with Gasteiger partial charge in [-0.15, -0.1) is 0 Å². The number of hydrogen-bond donors (Lipinski definition) is 0. The molecule has 1 aliphatic rings. The van der Waals surface area contributed by atoms with Crippen LogP contribution in [0.15, 0.2) is 34.7 Å². The average molecular weight is 481 g/mol. The highest BCUT2D eigenvalue weighted by Crippen LogP contribution is 2.32. The van der Waals surface area contributed by atoms with E-state index in [1.807, 2.05) is 71.9 Å². The lowest BCUT2D eigenvalue weighted by Gasteiger charge is -2.32. The second kappa shape index (κ2) is 11.0. The lowest BCUT2D eigenvalue weighted by Crippen LogP contribution is -2.38. The number of carbonyl (C=O) groups excluding carboxylic acids is 1. The van der Waals surface area contributed by atoms with Crippen molar-refractivity contribution in [3.05, 3.63) is 46.5 Å². The number of hydrogen-bond acceptors (Lipinski definition) is 5. The molecule has 0 amide bonds. The molecule has 5 nitrogen and oxygen atoms in total. The third-order valence-corrected chi connectivity index (χ3v) is 6.13. The molecule has 1 fully saturated rings. The normalized spacial score (nSPS) is 15.1. The van der Waals surface area contributed by atoms with E-state index in [0.717, 1.165) is 54.7 Å². The number of rotatable bonds is 4. The van der Waals surface area contributed by atoms with Crippen molar-refractivity contribution in [3.63, 3.8) is 0 Å². The number of piperidine rings is 1. The Labute approximate surface area is 209 Å². The Morgan fingerprint density at radius 1 is 1.24 bits per heavy atom. The van der Waals surface area contributed by atoms with Crippen molar-refractivity contribution in [1.29, 1.82) is 0 Å². The Hall–Kier alpha value is -2.31. The van der Waals surface area contributed by atoms with Crippen LogP contribution in [-0.2, 0) is 16.1 Å². The van der Waals surface area contributed by atoms with E-state index in [4.69, 9.17) is 28.6 Å². The molecule has 0 atom stereocenters. The van der Waals surface area contributed by atoms with Crippen LogP contribution in [0, 0.1) is 12.8 Å². The molecule has 1 aliphatic heterocycles. The molecule has 0 N–H and O–H groups in total. The van der Waals surface area contributed by atoms with Gasteiger partial charge in [-0.05, 0) is 83.0 Å². The average Bonchev–Trinajstić information content (AvgIpc) is 3.21. The van der Waals surface area contributed by atoms with Crippen molar-refractivity contribution in [1.82, 2.24) is 9.88 Å². The van der Waals surface area contributed by atoms with Crippen molar-refractivity contribution < 1.29 is 13.9 Å². The zero-order valence-corrected chi connectivity index (χ0v) is 21.8. The standard InChI is InChI=1S/C25H28BClN2O3.C2H6/c1-15-18(6-5-7-19(15)26)23-28-21-13-16(12-20(27)22(21)31-23)14-29-10-8-17(9-11-29)24(30)32-25(2,3)4;1-2/h5-7,12-13,17H,8-11,14H2,1-4H3;1-2H3. The fourth-order valence-corrected chi connectivity index (χ4v) is 4.38. The molecule has 2 heterocycles. The molecule has 4 rings (SSSR count). The van der Waals surface area contributed by atoms with Crippen LogP contribution in [0.3, 0.4) is 0 Å². The molecule has 0 aliphatic carbocycles. The van der Waals surface area contributed by atoms with Crippen LogP contribution in [0.2, 0.25) is 5.02 Å². The second-order valence-electron chi connectivity index (χ2n) is 9.55. The summed E-state index contributed by atoms with van der Waals surface area (Å²) >= 11 is 6.54. The second-order valence-corrected chi connectivity index (χ2v) is 9.96. The SMILES string of the molecule is CC.[B]c1cccc(-c2nc3cc(CN4CCC(C(=O)OC(C)(C)C)CC4)cc(Cl)c3o2)c1C. The summed E-state index contributed by atoms with van der Waals surface area (Å²) in [5, 5.41) is 0.543. The molecule has 1 aromatic heterocycles. The maximum atomic E-state index is 12.3. The summed E-state index contributed by atoms with van der Waals surface area (Å²) in [6.45, 7) is 14.1.